The molecule has 0 aliphatic rings. The quantitative estimate of drug-likeness (QED) is 0.574. The number of rotatable bonds is 3. The van der Waals surface area contributed by atoms with Gasteiger partial charge in [-0.25, -0.2) is 4.98 Å². The lowest BCUT2D eigenvalue weighted by Gasteiger charge is -1.95. The fourth-order valence-electron chi connectivity index (χ4n) is 0.657. The molecule has 1 aromatic heterocycles. The Morgan fingerprint density at radius 1 is 1.55 bits per heavy atom. The lowest BCUT2D eigenvalue weighted by molar-refractivity contribution is -0.135. The topological polar surface area (TPSA) is 52.0 Å². The van der Waals surface area contributed by atoms with E-state index in [9.17, 15) is 9.59 Å². The predicted octanol–water partition coefficient (Wildman–Crippen LogP) is 0.0412. The third-order valence-electron chi connectivity index (χ3n) is 1.28. The summed E-state index contributed by atoms with van der Waals surface area (Å²) in [5.74, 6) is -0.818. The van der Waals surface area contributed by atoms with Crippen molar-refractivity contribution in [1.82, 2.24) is 9.55 Å². The molecule has 0 aliphatic carbocycles. The van der Waals surface area contributed by atoms with E-state index in [0.717, 1.165) is 0 Å². The monoisotopic (exact) mass is 152 g/mol. The summed E-state index contributed by atoms with van der Waals surface area (Å²) in [5.41, 5.74) is 0. The van der Waals surface area contributed by atoms with Crippen LogP contribution >= 0.6 is 0 Å². The Kier molecular flexibility index (Phi) is 2.15. The van der Waals surface area contributed by atoms with Gasteiger partial charge in [0.1, 0.15) is 0 Å². The first-order valence-electron chi connectivity index (χ1n) is 3.19. The molecular formula is C7H8N2O2. The highest BCUT2D eigenvalue weighted by atomic mass is 16.2. The van der Waals surface area contributed by atoms with Crippen molar-refractivity contribution in [3.8, 4) is 0 Å². The Bertz CT molecular complexity index is 264. The maximum Gasteiger partial charge on any atom is 0.217 e. The average Bonchev–Trinajstić information content (AvgIpc) is 2.39. The van der Waals surface area contributed by atoms with Gasteiger partial charge in [-0.15, -0.1) is 0 Å². The van der Waals surface area contributed by atoms with Crippen LogP contribution in [0.25, 0.3) is 0 Å². The fraction of sp³-hybridized carbons (Fsp3) is 0.286. The highest BCUT2D eigenvalue weighted by Crippen LogP contribution is 1.87. The minimum Gasteiger partial charge on any atom is -0.330 e. The summed E-state index contributed by atoms with van der Waals surface area (Å²) in [6, 6.07) is 0. The third kappa shape index (κ3) is 2.00. The minimum atomic E-state index is -0.418. The van der Waals surface area contributed by atoms with Crippen LogP contribution in [0.1, 0.15) is 6.92 Å². The molecule has 4 heteroatoms. The van der Waals surface area contributed by atoms with E-state index in [4.69, 9.17) is 0 Å². The molecule has 0 aromatic carbocycles. The van der Waals surface area contributed by atoms with Gasteiger partial charge >= 0.3 is 0 Å². The van der Waals surface area contributed by atoms with Crippen LogP contribution in [-0.2, 0) is 16.1 Å². The largest absolute Gasteiger partial charge is 0.330 e. The van der Waals surface area contributed by atoms with Crippen molar-refractivity contribution in [2.24, 2.45) is 0 Å². The molecule has 0 aliphatic heterocycles. The molecule has 0 fully saturated rings. The van der Waals surface area contributed by atoms with Gasteiger partial charge in [0, 0.05) is 19.3 Å². The van der Waals surface area contributed by atoms with Crippen molar-refractivity contribution >= 4 is 11.6 Å². The molecule has 11 heavy (non-hydrogen) atoms. The smallest absolute Gasteiger partial charge is 0.217 e. The van der Waals surface area contributed by atoms with E-state index in [1.54, 1.807) is 17.0 Å². The minimum absolute atomic E-state index is 0.0926. The number of ketones is 2. The summed E-state index contributed by atoms with van der Waals surface area (Å²) in [5, 5.41) is 0. The summed E-state index contributed by atoms with van der Waals surface area (Å²) >= 11 is 0. The molecule has 1 heterocycles. The molecule has 4 nitrogen and oxygen atoms in total. The second-order valence-corrected chi connectivity index (χ2v) is 2.21. The van der Waals surface area contributed by atoms with E-state index in [0.29, 0.717) is 0 Å². The van der Waals surface area contributed by atoms with Crippen molar-refractivity contribution in [3.63, 3.8) is 0 Å². The average molecular weight is 152 g/mol. The SMILES string of the molecule is CC(=O)C(=O)Cn1ccnc1. The van der Waals surface area contributed by atoms with Crippen LogP contribution < -0.4 is 0 Å². The molecule has 0 saturated carbocycles. The Balaban J connectivity index is 2.57. The molecule has 0 unspecified atom stereocenters. The van der Waals surface area contributed by atoms with Crippen LogP contribution in [0.3, 0.4) is 0 Å². The Labute approximate surface area is 63.9 Å². The van der Waals surface area contributed by atoms with Crippen molar-refractivity contribution in [1.29, 1.82) is 0 Å². The number of carbonyl (C=O) groups is 2. The van der Waals surface area contributed by atoms with E-state index >= 15 is 0 Å². The maximum atomic E-state index is 10.8. The van der Waals surface area contributed by atoms with Gasteiger partial charge in [0.2, 0.25) is 5.78 Å². The first-order valence-corrected chi connectivity index (χ1v) is 3.19. The fourth-order valence-corrected chi connectivity index (χ4v) is 0.657. The molecular weight excluding hydrogens is 144 g/mol. The number of Topliss-reactive ketones (excluding diaryl/α,β-unsaturated/α-hetero) is 2. The van der Waals surface area contributed by atoms with Crippen LogP contribution in [-0.4, -0.2) is 21.1 Å². The summed E-state index contributed by atoms with van der Waals surface area (Å²) in [6.45, 7) is 1.36. The molecule has 0 amide bonds. The van der Waals surface area contributed by atoms with Crippen LogP contribution in [0, 0.1) is 0 Å². The number of hydrogen-bond acceptors (Lipinski definition) is 3. The molecule has 1 rings (SSSR count). The molecule has 0 radical (unpaired) electrons. The van der Waals surface area contributed by atoms with Gasteiger partial charge in [0.25, 0.3) is 0 Å². The van der Waals surface area contributed by atoms with Crippen LogP contribution in [0.5, 0.6) is 0 Å². The van der Waals surface area contributed by atoms with Crippen LogP contribution in [0.2, 0.25) is 0 Å². The van der Waals surface area contributed by atoms with Gasteiger partial charge in [0.05, 0.1) is 12.9 Å². The summed E-state index contributed by atoms with van der Waals surface area (Å²) in [6.07, 6.45) is 4.70. The summed E-state index contributed by atoms with van der Waals surface area (Å²) < 4.78 is 1.56. The lowest BCUT2D eigenvalue weighted by atomic mass is 10.3. The maximum absolute atomic E-state index is 10.8. The second-order valence-electron chi connectivity index (χ2n) is 2.21. The molecule has 0 spiro atoms. The predicted molar refractivity (Wildman–Crippen MR) is 37.9 cm³/mol. The van der Waals surface area contributed by atoms with E-state index in [2.05, 4.69) is 4.98 Å². The van der Waals surface area contributed by atoms with Crippen molar-refractivity contribution in [2.45, 2.75) is 13.5 Å². The number of carbonyl (C=O) groups excluding carboxylic acids is 2. The van der Waals surface area contributed by atoms with Crippen molar-refractivity contribution < 1.29 is 9.59 Å². The molecule has 58 valence electrons. The summed E-state index contributed by atoms with van der Waals surface area (Å²) in [4.78, 5) is 25.0. The molecule has 0 saturated heterocycles. The number of imidazole rings is 1. The Hall–Kier alpha value is -1.45. The van der Waals surface area contributed by atoms with Crippen molar-refractivity contribution in [3.05, 3.63) is 18.7 Å². The standard InChI is InChI=1S/C7H8N2O2/c1-6(10)7(11)4-9-3-2-8-5-9/h2-3,5H,4H2,1H3. The first kappa shape index (κ1) is 7.65. The van der Waals surface area contributed by atoms with Gasteiger partial charge in [0.15, 0.2) is 5.78 Å². The van der Waals surface area contributed by atoms with Gasteiger partial charge in [-0.2, -0.15) is 0 Å². The molecule has 0 atom stereocenters. The van der Waals surface area contributed by atoms with E-state index < -0.39 is 11.6 Å². The Morgan fingerprint density at radius 3 is 2.73 bits per heavy atom. The molecule has 0 N–H and O–H groups in total. The zero-order chi connectivity index (χ0) is 8.27. The zero-order valence-corrected chi connectivity index (χ0v) is 6.15. The summed E-state index contributed by atoms with van der Waals surface area (Å²) in [7, 11) is 0. The lowest BCUT2D eigenvalue weighted by Crippen LogP contribution is -2.16. The van der Waals surface area contributed by atoms with Gasteiger partial charge < -0.3 is 4.57 Å². The third-order valence-corrected chi connectivity index (χ3v) is 1.28. The highest BCUT2D eigenvalue weighted by molar-refractivity contribution is 6.36. The zero-order valence-electron chi connectivity index (χ0n) is 6.15. The van der Waals surface area contributed by atoms with Gasteiger partial charge in [-0.05, 0) is 0 Å². The highest BCUT2D eigenvalue weighted by Gasteiger charge is 2.06. The van der Waals surface area contributed by atoms with Crippen molar-refractivity contribution in [2.75, 3.05) is 0 Å². The van der Waals surface area contributed by atoms with Gasteiger partial charge in [-0.3, -0.25) is 9.59 Å². The second kappa shape index (κ2) is 3.09. The Morgan fingerprint density at radius 2 is 2.27 bits per heavy atom. The van der Waals surface area contributed by atoms with E-state index in [1.807, 2.05) is 0 Å². The number of hydrogen-bond donors (Lipinski definition) is 0. The van der Waals surface area contributed by atoms with E-state index in [1.165, 1.54) is 13.3 Å². The number of aromatic nitrogens is 2. The van der Waals surface area contributed by atoms with Crippen LogP contribution in [0.15, 0.2) is 18.7 Å². The molecule has 0 bridgehead atoms. The number of nitrogens with zero attached hydrogens (tertiary/aromatic N) is 2. The first-order chi connectivity index (χ1) is 5.20. The van der Waals surface area contributed by atoms with Crippen LogP contribution in [0.4, 0.5) is 0 Å². The van der Waals surface area contributed by atoms with Gasteiger partial charge in [-0.1, -0.05) is 0 Å². The molecule has 1 aromatic rings. The van der Waals surface area contributed by atoms with E-state index in [-0.39, 0.29) is 6.54 Å². The normalized spacial score (nSPS) is 9.55.